The zero-order valence-corrected chi connectivity index (χ0v) is 21.7. The highest BCUT2D eigenvalue weighted by Gasteiger charge is 2.34. The van der Waals surface area contributed by atoms with E-state index in [1.54, 1.807) is 23.4 Å². The standard InChI is InChI=1S/C30H34N4O3/c1-22-18-34(23(2)21-35)30(36)27-15-25(12-7-11-24-9-5-4-6-10-24)17-32-29(27)37-28(22)20-33(3)19-26-13-8-14-31-16-26/h4-6,8-10,13-17,22-23,28,35H,11,18-21H2,1-3H3/t22-,23-,28+/m1/s1. The summed E-state index contributed by atoms with van der Waals surface area (Å²) in [5, 5.41) is 9.88. The number of benzene rings is 1. The number of aromatic nitrogens is 2. The molecule has 4 rings (SSSR count). The van der Waals surface area contributed by atoms with Crippen LogP contribution < -0.4 is 4.74 Å². The van der Waals surface area contributed by atoms with Gasteiger partial charge in [-0.3, -0.25) is 14.7 Å². The number of rotatable bonds is 7. The van der Waals surface area contributed by atoms with Crippen LogP contribution in [0.15, 0.2) is 67.1 Å². The van der Waals surface area contributed by atoms with Crippen molar-refractivity contribution in [2.45, 2.75) is 39.0 Å². The summed E-state index contributed by atoms with van der Waals surface area (Å²) in [5.41, 5.74) is 3.27. The average molecular weight is 499 g/mol. The Bertz CT molecular complexity index is 1240. The summed E-state index contributed by atoms with van der Waals surface area (Å²) < 4.78 is 6.39. The Balaban J connectivity index is 1.59. The molecule has 1 N–H and O–H groups in total. The fourth-order valence-corrected chi connectivity index (χ4v) is 4.41. The number of nitrogens with zero attached hydrogens (tertiary/aromatic N) is 4. The molecule has 2 aromatic heterocycles. The molecule has 0 fully saturated rings. The Morgan fingerprint density at radius 1 is 1.19 bits per heavy atom. The van der Waals surface area contributed by atoms with Gasteiger partial charge in [-0.2, -0.15) is 0 Å². The van der Waals surface area contributed by atoms with Crippen molar-refractivity contribution in [2.75, 3.05) is 26.7 Å². The predicted molar refractivity (Wildman–Crippen MR) is 143 cm³/mol. The van der Waals surface area contributed by atoms with Crippen LogP contribution in [0.2, 0.25) is 0 Å². The van der Waals surface area contributed by atoms with Gasteiger partial charge in [0.2, 0.25) is 5.88 Å². The number of fused-ring (bicyclic) bond motifs is 1. The molecular formula is C30H34N4O3. The maximum atomic E-state index is 13.6. The zero-order chi connectivity index (χ0) is 26.2. The third-order valence-corrected chi connectivity index (χ3v) is 6.56. The first kappa shape index (κ1) is 26.3. The van der Waals surface area contributed by atoms with E-state index in [0.29, 0.717) is 36.5 Å². The quantitative estimate of drug-likeness (QED) is 0.503. The highest BCUT2D eigenvalue weighted by Crippen LogP contribution is 2.27. The van der Waals surface area contributed by atoms with Crippen molar-refractivity contribution >= 4 is 5.91 Å². The number of aliphatic hydroxyl groups is 1. The number of ether oxygens (including phenoxy) is 1. The molecule has 0 unspecified atom stereocenters. The van der Waals surface area contributed by atoms with E-state index in [4.69, 9.17) is 4.74 Å². The van der Waals surface area contributed by atoms with Crippen molar-refractivity contribution in [2.24, 2.45) is 5.92 Å². The minimum absolute atomic E-state index is 0.0228. The molecule has 1 aliphatic heterocycles. The summed E-state index contributed by atoms with van der Waals surface area (Å²) >= 11 is 0. The van der Waals surface area contributed by atoms with Gasteiger partial charge in [0, 0.05) is 56.1 Å². The fourth-order valence-electron chi connectivity index (χ4n) is 4.41. The fraction of sp³-hybridized carbons (Fsp3) is 0.367. The van der Waals surface area contributed by atoms with Crippen LogP contribution >= 0.6 is 0 Å². The van der Waals surface area contributed by atoms with Crippen molar-refractivity contribution in [1.82, 2.24) is 19.8 Å². The van der Waals surface area contributed by atoms with E-state index >= 15 is 0 Å². The van der Waals surface area contributed by atoms with E-state index in [0.717, 1.165) is 17.7 Å². The molecule has 0 radical (unpaired) electrons. The molecule has 0 bridgehead atoms. The van der Waals surface area contributed by atoms with Crippen molar-refractivity contribution in [3.63, 3.8) is 0 Å². The molecule has 3 heterocycles. The van der Waals surface area contributed by atoms with Gasteiger partial charge in [-0.05, 0) is 37.2 Å². The monoisotopic (exact) mass is 498 g/mol. The van der Waals surface area contributed by atoms with Gasteiger partial charge >= 0.3 is 0 Å². The summed E-state index contributed by atoms with van der Waals surface area (Å²) in [4.78, 5) is 26.2. The third-order valence-electron chi connectivity index (χ3n) is 6.56. The van der Waals surface area contributed by atoms with Crippen molar-refractivity contribution in [3.8, 4) is 17.7 Å². The number of amides is 1. The van der Waals surface area contributed by atoms with Crippen molar-refractivity contribution in [1.29, 1.82) is 0 Å². The summed E-state index contributed by atoms with van der Waals surface area (Å²) in [6.45, 7) is 5.64. The maximum absolute atomic E-state index is 13.6. The van der Waals surface area contributed by atoms with E-state index < -0.39 is 0 Å². The number of pyridine rings is 2. The van der Waals surface area contributed by atoms with E-state index in [9.17, 15) is 9.90 Å². The van der Waals surface area contributed by atoms with Crippen LogP contribution in [-0.4, -0.2) is 69.7 Å². The SMILES string of the molecule is C[C@@H]1CN([C@H](C)CO)C(=O)c2cc(C#CCc3ccccc3)cnc2O[C@H]1CN(C)Cc1cccnc1. The van der Waals surface area contributed by atoms with Gasteiger partial charge < -0.3 is 14.7 Å². The zero-order valence-electron chi connectivity index (χ0n) is 21.7. The maximum Gasteiger partial charge on any atom is 0.259 e. The molecular weight excluding hydrogens is 464 g/mol. The Kier molecular flexibility index (Phi) is 8.89. The first-order chi connectivity index (χ1) is 17.9. The predicted octanol–water partition coefficient (Wildman–Crippen LogP) is 3.42. The second kappa shape index (κ2) is 12.5. The molecule has 192 valence electrons. The van der Waals surface area contributed by atoms with Gasteiger partial charge in [0.1, 0.15) is 11.7 Å². The second-order valence-electron chi connectivity index (χ2n) is 9.72. The highest BCUT2D eigenvalue weighted by molar-refractivity contribution is 5.97. The molecule has 1 amide bonds. The number of hydrogen-bond donors (Lipinski definition) is 1. The Labute approximate surface area is 219 Å². The molecule has 37 heavy (non-hydrogen) atoms. The lowest BCUT2D eigenvalue weighted by molar-refractivity contribution is 0.0325. The number of carbonyl (C=O) groups is 1. The van der Waals surface area contributed by atoms with Crippen LogP contribution in [0, 0.1) is 17.8 Å². The van der Waals surface area contributed by atoms with E-state index in [1.807, 2.05) is 62.6 Å². The van der Waals surface area contributed by atoms with Crippen molar-refractivity contribution in [3.05, 3.63) is 89.4 Å². The molecule has 0 aliphatic carbocycles. The first-order valence-corrected chi connectivity index (χ1v) is 12.6. The average Bonchev–Trinajstić information content (AvgIpc) is 2.91. The minimum atomic E-state index is -0.331. The van der Waals surface area contributed by atoms with E-state index in [-0.39, 0.29) is 30.6 Å². The lowest BCUT2D eigenvalue weighted by Crippen LogP contribution is -2.49. The second-order valence-corrected chi connectivity index (χ2v) is 9.72. The molecule has 1 aliphatic rings. The summed E-state index contributed by atoms with van der Waals surface area (Å²) in [5.74, 6) is 6.43. The molecule has 0 saturated heterocycles. The molecule has 7 nitrogen and oxygen atoms in total. The van der Waals surface area contributed by atoms with Gasteiger partial charge in [-0.1, -0.05) is 55.2 Å². The number of likely N-dealkylation sites (N-methyl/N-ethyl adjacent to an activating group) is 1. The van der Waals surface area contributed by atoms with Crippen LogP contribution in [0.5, 0.6) is 5.88 Å². The van der Waals surface area contributed by atoms with Crippen LogP contribution in [0.4, 0.5) is 0 Å². The highest BCUT2D eigenvalue weighted by atomic mass is 16.5. The summed E-state index contributed by atoms with van der Waals surface area (Å²) in [7, 11) is 2.04. The lowest BCUT2D eigenvalue weighted by Gasteiger charge is -2.37. The van der Waals surface area contributed by atoms with Gasteiger partial charge in [-0.25, -0.2) is 4.98 Å². The summed E-state index contributed by atoms with van der Waals surface area (Å²) in [6.07, 6.45) is 5.69. The van der Waals surface area contributed by atoms with E-state index in [1.165, 1.54) is 0 Å². The molecule has 0 saturated carbocycles. The molecule has 3 aromatic rings. The lowest BCUT2D eigenvalue weighted by atomic mass is 9.99. The van der Waals surface area contributed by atoms with Gasteiger partial charge in [0.05, 0.1) is 12.6 Å². The first-order valence-electron chi connectivity index (χ1n) is 12.6. The van der Waals surface area contributed by atoms with Crippen LogP contribution in [0.1, 0.15) is 40.9 Å². The minimum Gasteiger partial charge on any atom is -0.472 e. The van der Waals surface area contributed by atoms with Crippen LogP contribution in [0.3, 0.4) is 0 Å². The number of carbonyl (C=O) groups excluding carboxylic acids is 1. The van der Waals surface area contributed by atoms with Gasteiger partial charge in [0.25, 0.3) is 5.91 Å². The third kappa shape index (κ3) is 6.94. The molecule has 0 spiro atoms. The molecule has 7 heteroatoms. The Morgan fingerprint density at radius 2 is 1.97 bits per heavy atom. The Hall–Kier alpha value is -3.73. The summed E-state index contributed by atoms with van der Waals surface area (Å²) in [6, 6.07) is 15.4. The van der Waals surface area contributed by atoms with Crippen LogP contribution in [0.25, 0.3) is 0 Å². The van der Waals surface area contributed by atoms with E-state index in [2.05, 4.69) is 33.6 Å². The smallest absolute Gasteiger partial charge is 0.259 e. The van der Waals surface area contributed by atoms with Gasteiger partial charge in [-0.15, -0.1) is 0 Å². The van der Waals surface area contributed by atoms with Crippen molar-refractivity contribution < 1.29 is 14.6 Å². The molecule has 1 aromatic carbocycles. The van der Waals surface area contributed by atoms with Gasteiger partial charge in [0.15, 0.2) is 0 Å². The largest absolute Gasteiger partial charge is 0.472 e. The Morgan fingerprint density at radius 3 is 2.70 bits per heavy atom. The normalized spacial score (nSPS) is 18.2. The number of aliphatic hydroxyl groups excluding tert-OH is 1. The number of hydrogen-bond acceptors (Lipinski definition) is 6. The topological polar surface area (TPSA) is 78.8 Å². The molecule has 3 atom stereocenters. The van der Waals surface area contributed by atoms with Crippen LogP contribution in [-0.2, 0) is 13.0 Å².